The first-order chi connectivity index (χ1) is 7.28. The summed E-state index contributed by atoms with van der Waals surface area (Å²) in [4.78, 5) is 0. The van der Waals surface area contributed by atoms with Crippen LogP contribution < -0.4 is 0 Å². The minimum atomic E-state index is -0.00953. The van der Waals surface area contributed by atoms with Gasteiger partial charge in [-0.15, -0.1) is 0 Å². The molecule has 15 heavy (non-hydrogen) atoms. The number of H-pyrrole nitrogens is 1. The Kier molecular flexibility index (Phi) is 2.83. The number of benzene rings is 1. The minimum absolute atomic E-state index is 0.00953. The highest BCUT2D eigenvalue weighted by Crippen LogP contribution is 2.09. The van der Waals surface area contributed by atoms with Crippen LogP contribution in [-0.2, 0) is 13.0 Å². The fourth-order valence-corrected chi connectivity index (χ4v) is 1.51. The molecule has 0 aliphatic carbocycles. The van der Waals surface area contributed by atoms with Crippen molar-refractivity contribution in [2.45, 2.75) is 20.0 Å². The zero-order valence-electron chi connectivity index (χ0n) is 8.70. The lowest BCUT2D eigenvalue weighted by Gasteiger charge is -1.98. The summed E-state index contributed by atoms with van der Waals surface area (Å²) in [7, 11) is 0. The van der Waals surface area contributed by atoms with Gasteiger partial charge in [0.2, 0.25) is 0 Å². The second kappa shape index (κ2) is 4.28. The van der Waals surface area contributed by atoms with Gasteiger partial charge in [0.25, 0.3) is 0 Å². The van der Waals surface area contributed by atoms with Gasteiger partial charge in [0.15, 0.2) is 0 Å². The Morgan fingerprint density at radius 2 is 2.00 bits per heavy atom. The Balaban J connectivity index is 2.11. The fourth-order valence-electron chi connectivity index (χ4n) is 1.51. The first kappa shape index (κ1) is 9.93. The van der Waals surface area contributed by atoms with Crippen LogP contribution in [0.25, 0.3) is 0 Å². The summed E-state index contributed by atoms with van der Waals surface area (Å²) in [6, 6.07) is 10.3. The molecular weight excluding hydrogens is 188 g/mol. The Morgan fingerprint density at radius 3 is 2.60 bits per heavy atom. The van der Waals surface area contributed by atoms with Gasteiger partial charge in [-0.2, -0.15) is 5.10 Å². The second-order valence-corrected chi connectivity index (χ2v) is 3.71. The van der Waals surface area contributed by atoms with Gasteiger partial charge in [0, 0.05) is 12.1 Å². The third kappa shape index (κ3) is 2.44. The van der Waals surface area contributed by atoms with Crippen LogP contribution in [0.5, 0.6) is 0 Å². The van der Waals surface area contributed by atoms with E-state index in [4.69, 9.17) is 5.11 Å². The number of rotatable bonds is 3. The lowest BCUT2D eigenvalue weighted by Crippen LogP contribution is -1.88. The van der Waals surface area contributed by atoms with E-state index in [0.717, 1.165) is 12.1 Å². The fraction of sp³-hybridized carbons (Fsp3) is 0.250. The molecule has 1 heterocycles. The van der Waals surface area contributed by atoms with Gasteiger partial charge in [-0.05, 0) is 18.6 Å². The Bertz CT molecular complexity index is 431. The molecule has 2 aromatic rings. The highest BCUT2D eigenvalue weighted by atomic mass is 16.3. The van der Waals surface area contributed by atoms with Crippen LogP contribution in [0.4, 0.5) is 0 Å². The number of aromatic amines is 1. The molecule has 1 aromatic carbocycles. The van der Waals surface area contributed by atoms with Gasteiger partial charge >= 0.3 is 0 Å². The van der Waals surface area contributed by atoms with Crippen molar-refractivity contribution in [3.05, 3.63) is 52.8 Å². The highest BCUT2D eigenvalue weighted by molar-refractivity contribution is 5.25. The van der Waals surface area contributed by atoms with Crippen LogP contribution in [0.2, 0.25) is 0 Å². The van der Waals surface area contributed by atoms with Crippen molar-refractivity contribution >= 4 is 0 Å². The summed E-state index contributed by atoms with van der Waals surface area (Å²) >= 11 is 0. The van der Waals surface area contributed by atoms with E-state index in [0.29, 0.717) is 5.69 Å². The number of aliphatic hydroxyl groups excluding tert-OH is 1. The molecule has 0 atom stereocenters. The molecule has 1 aromatic heterocycles. The van der Waals surface area contributed by atoms with Gasteiger partial charge in [-0.3, -0.25) is 5.10 Å². The molecule has 0 saturated carbocycles. The van der Waals surface area contributed by atoms with E-state index >= 15 is 0 Å². The monoisotopic (exact) mass is 202 g/mol. The van der Waals surface area contributed by atoms with E-state index < -0.39 is 0 Å². The number of nitrogens with one attached hydrogen (secondary N) is 1. The van der Waals surface area contributed by atoms with Crippen molar-refractivity contribution in [3.8, 4) is 0 Å². The average Bonchev–Trinajstić information content (AvgIpc) is 2.69. The SMILES string of the molecule is Cc1ccc(Cc2cc(CO)n[nH]2)cc1. The Morgan fingerprint density at radius 1 is 1.27 bits per heavy atom. The summed E-state index contributed by atoms with van der Waals surface area (Å²) in [6.07, 6.45) is 0.827. The molecule has 3 nitrogen and oxygen atoms in total. The maximum absolute atomic E-state index is 8.87. The van der Waals surface area contributed by atoms with E-state index in [9.17, 15) is 0 Å². The van der Waals surface area contributed by atoms with E-state index in [1.54, 1.807) is 0 Å². The number of hydrogen-bond acceptors (Lipinski definition) is 2. The van der Waals surface area contributed by atoms with E-state index in [-0.39, 0.29) is 6.61 Å². The summed E-state index contributed by atoms with van der Waals surface area (Å²) in [5.41, 5.74) is 4.23. The first-order valence-electron chi connectivity index (χ1n) is 4.97. The molecule has 3 heteroatoms. The zero-order chi connectivity index (χ0) is 10.7. The summed E-state index contributed by atoms with van der Waals surface area (Å²) in [5.74, 6) is 0. The molecule has 0 fully saturated rings. The van der Waals surface area contributed by atoms with Gasteiger partial charge < -0.3 is 5.11 Å². The molecule has 0 amide bonds. The largest absolute Gasteiger partial charge is 0.390 e. The number of aryl methyl sites for hydroxylation is 1. The number of nitrogens with zero attached hydrogens (tertiary/aromatic N) is 1. The maximum Gasteiger partial charge on any atom is 0.0879 e. The van der Waals surface area contributed by atoms with E-state index in [1.165, 1.54) is 11.1 Å². The van der Waals surface area contributed by atoms with Gasteiger partial charge in [0.05, 0.1) is 12.3 Å². The molecule has 0 saturated heterocycles. The highest BCUT2D eigenvalue weighted by Gasteiger charge is 2.00. The normalized spacial score (nSPS) is 10.5. The molecule has 0 unspecified atom stereocenters. The van der Waals surface area contributed by atoms with Crippen LogP contribution in [0.1, 0.15) is 22.5 Å². The molecule has 0 bridgehead atoms. The zero-order valence-corrected chi connectivity index (χ0v) is 8.70. The topological polar surface area (TPSA) is 48.9 Å². The number of aromatic nitrogens is 2. The van der Waals surface area contributed by atoms with Crippen molar-refractivity contribution in [2.75, 3.05) is 0 Å². The lowest BCUT2D eigenvalue weighted by atomic mass is 10.1. The van der Waals surface area contributed by atoms with Gasteiger partial charge in [0.1, 0.15) is 0 Å². The van der Waals surface area contributed by atoms with Crippen molar-refractivity contribution in [1.29, 1.82) is 0 Å². The van der Waals surface area contributed by atoms with E-state index in [1.807, 2.05) is 6.07 Å². The quantitative estimate of drug-likeness (QED) is 0.797. The molecule has 2 N–H and O–H groups in total. The lowest BCUT2D eigenvalue weighted by molar-refractivity contribution is 0.276. The molecular formula is C12H14N2O. The first-order valence-corrected chi connectivity index (χ1v) is 4.97. The van der Waals surface area contributed by atoms with Crippen LogP contribution in [0, 0.1) is 6.92 Å². The standard InChI is InChI=1S/C12H14N2O/c1-9-2-4-10(5-3-9)6-11-7-12(8-15)14-13-11/h2-5,7,15H,6,8H2,1H3,(H,13,14). The van der Waals surface area contributed by atoms with Crippen LogP contribution in [0.15, 0.2) is 30.3 Å². The maximum atomic E-state index is 8.87. The van der Waals surface area contributed by atoms with Gasteiger partial charge in [-0.25, -0.2) is 0 Å². The van der Waals surface area contributed by atoms with Crippen molar-refractivity contribution in [3.63, 3.8) is 0 Å². The van der Waals surface area contributed by atoms with Gasteiger partial charge in [-0.1, -0.05) is 29.8 Å². The van der Waals surface area contributed by atoms with Crippen molar-refractivity contribution in [2.24, 2.45) is 0 Å². The molecule has 0 radical (unpaired) electrons. The third-order valence-corrected chi connectivity index (χ3v) is 2.36. The number of aliphatic hydroxyl groups is 1. The molecule has 78 valence electrons. The predicted octanol–water partition coefficient (Wildman–Crippen LogP) is 1.80. The molecule has 0 spiro atoms. The molecule has 0 aliphatic heterocycles. The summed E-state index contributed by atoms with van der Waals surface area (Å²) in [6.45, 7) is 2.06. The van der Waals surface area contributed by atoms with Crippen LogP contribution in [-0.4, -0.2) is 15.3 Å². The van der Waals surface area contributed by atoms with Crippen LogP contribution in [0.3, 0.4) is 0 Å². The van der Waals surface area contributed by atoms with Crippen LogP contribution >= 0.6 is 0 Å². The third-order valence-electron chi connectivity index (χ3n) is 2.36. The summed E-state index contributed by atoms with van der Waals surface area (Å²) in [5, 5.41) is 15.8. The second-order valence-electron chi connectivity index (χ2n) is 3.71. The summed E-state index contributed by atoms with van der Waals surface area (Å²) < 4.78 is 0. The van der Waals surface area contributed by atoms with Crippen molar-refractivity contribution < 1.29 is 5.11 Å². The number of hydrogen-bond donors (Lipinski definition) is 2. The Labute approximate surface area is 88.8 Å². The van der Waals surface area contributed by atoms with E-state index in [2.05, 4.69) is 41.4 Å². The Hall–Kier alpha value is -1.61. The predicted molar refractivity (Wildman–Crippen MR) is 58.5 cm³/mol. The molecule has 0 aliphatic rings. The molecule has 2 rings (SSSR count). The smallest absolute Gasteiger partial charge is 0.0879 e. The average molecular weight is 202 g/mol. The minimum Gasteiger partial charge on any atom is -0.390 e. The van der Waals surface area contributed by atoms with Crippen molar-refractivity contribution in [1.82, 2.24) is 10.2 Å².